The van der Waals surface area contributed by atoms with Crippen molar-refractivity contribution in [1.29, 1.82) is 0 Å². The summed E-state index contributed by atoms with van der Waals surface area (Å²) in [4.78, 5) is 2.69. The van der Waals surface area contributed by atoms with Crippen LogP contribution >= 0.6 is 0 Å². The van der Waals surface area contributed by atoms with Crippen molar-refractivity contribution in [3.63, 3.8) is 0 Å². The van der Waals surface area contributed by atoms with Crippen molar-refractivity contribution in [2.24, 2.45) is 16.7 Å². The van der Waals surface area contributed by atoms with E-state index in [1.807, 2.05) is 0 Å². The molecule has 0 aromatic heterocycles. The van der Waals surface area contributed by atoms with Crippen molar-refractivity contribution in [2.45, 2.75) is 33.1 Å². The van der Waals surface area contributed by atoms with Gasteiger partial charge in [-0.25, -0.2) is 0 Å². The number of piperidine rings is 3. The summed E-state index contributed by atoms with van der Waals surface area (Å²) >= 11 is 0. The molecular weight excluding hydrogens is 146 g/mol. The molecule has 3 saturated heterocycles. The van der Waals surface area contributed by atoms with Gasteiger partial charge < -0.3 is 4.90 Å². The normalized spacial score (nSPS) is 54.5. The van der Waals surface area contributed by atoms with Crippen LogP contribution in [0.3, 0.4) is 0 Å². The minimum absolute atomic E-state index is 0.677. The van der Waals surface area contributed by atoms with Crippen LogP contribution in [0.5, 0.6) is 0 Å². The summed E-state index contributed by atoms with van der Waals surface area (Å²) in [6.45, 7) is 9.14. The zero-order chi connectivity index (χ0) is 8.40. The van der Waals surface area contributed by atoms with Crippen molar-refractivity contribution in [3.05, 3.63) is 0 Å². The second-order valence-corrected chi connectivity index (χ2v) is 5.77. The Kier molecular flexibility index (Phi) is 1.16. The number of hydrogen-bond acceptors (Lipinski definition) is 1. The van der Waals surface area contributed by atoms with Crippen molar-refractivity contribution < 1.29 is 0 Å². The molecule has 3 heterocycles. The van der Waals surface area contributed by atoms with E-state index in [4.69, 9.17) is 0 Å². The molecule has 1 spiro atoms. The maximum atomic E-state index is 2.69. The lowest BCUT2D eigenvalue weighted by atomic mass is 9.72. The summed E-state index contributed by atoms with van der Waals surface area (Å²) in [5.41, 5.74) is 1.44. The molecule has 4 aliphatic rings. The first-order valence-electron chi connectivity index (χ1n) is 5.36. The fourth-order valence-electron chi connectivity index (χ4n) is 3.88. The number of fused-ring (bicyclic) bond motifs is 2. The molecule has 0 aromatic carbocycles. The van der Waals surface area contributed by atoms with Gasteiger partial charge in [-0.3, -0.25) is 0 Å². The van der Waals surface area contributed by atoms with E-state index in [9.17, 15) is 0 Å². The number of nitrogens with zero attached hydrogens (tertiary/aromatic N) is 1. The van der Waals surface area contributed by atoms with Crippen LogP contribution in [0, 0.1) is 16.7 Å². The number of hydrogen-bond donors (Lipinski definition) is 0. The Labute approximate surface area is 75.1 Å². The molecule has 1 saturated carbocycles. The fraction of sp³-hybridized carbons (Fsp3) is 1.00. The highest BCUT2D eigenvalue weighted by molar-refractivity contribution is 5.17. The second kappa shape index (κ2) is 1.89. The van der Waals surface area contributed by atoms with Gasteiger partial charge in [-0.05, 0) is 49.1 Å². The molecule has 68 valence electrons. The lowest BCUT2D eigenvalue weighted by Gasteiger charge is -2.47. The van der Waals surface area contributed by atoms with E-state index in [1.165, 1.54) is 38.9 Å². The predicted octanol–water partition coefficient (Wildman–Crippen LogP) is 2.13. The quantitative estimate of drug-likeness (QED) is 0.531. The average Bonchev–Trinajstić information content (AvgIpc) is 2.54. The summed E-state index contributed by atoms with van der Waals surface area (Å²) in [5.74, 6) is 1.08. The molecule has 3 aliphatic heterocycles. The SMILES string of the molecule is CC1(C)C[C@@]12CN1CCC2CC1. The molecule has 1 heteroatoms. The van der Waals surface area contributed by atoms with Crippen molar-refractivity contribution in [2.75, 3.05) is 19.6 Å². The largest absolute Gasteiger partial charge is 0.303 e. The third kappa shape index (κ3) is 0.693. The van der Waals surface area contributed by atoms with E-state index in [2.05, 4.69) is 18.7 Å². The van der Waals surface area contributed by atoms with Gasteiger partial charge in [0.15, 0.2) is 0 Å². The van der Waals surface area contributed by atoms with Crippen LogP contribution in [0.4, 0.5) is 0 Å². The molecule has 0 amide bonds. The van der Waals surface area contributed by atoms with Crippen molar-refractivity contribution >= 4 is 0 Å². The lowest BCUT2D eigenvalue weighted by molar-refractivity contribution is 0.0151. The van der Waals surface area contributed by atoms with E-state index < -0.39 is 0 Å². The minimum atomic E-state index is 0.677. The Morgan fingerprint density at radius 1 is 1.17 bits per heavy atom. The first kappa shape index (κ1) is 7.37. The summed E-state index contributed by atoms with van der Waals surface area (Å²) in [5, 5.41) is 0. The zero-order valence-electron chi connectivity index (χ0n) is 8.27. The number of rotatable bonds is 0. The van der Waals surface area contributed by atoms with Gasteiger partial charge in [0.05, 0.1) is 0 Å². The molecule has 4 fully saturated rings. The maximum absolute atomic E-state index is 2.69. The molecule has 1 aliphatic carbocycles. The Hall–Kier alpha value is -0.0400. The molecular formula is C11H19N. The van der Waals surface area contributed by atoms with E-state index >= 15 is 0 Å². The Balaban J connectivity index is 1.90. The molecule has 1 atom stereocenters. The van der Waals surface area contributed by atoms with Gasteiger partial charge in [0.2, 0.25) is 0 Å². The molecule has 0 aromatic rings. The smallest absolute Gasteiger partial charge is 0.00460 e. The standard InChI is InChI=1S/C11H19N/c1-10(2)7-11(10)8-12-5-3-9(11)4-6-12/h9H,3-8H2,1-2H3/t11-/m0/s1. The highest BCUT2D eigenvalue weighted by Crippen LogP contribution is 2.71. The van der Waals surface area contributed by atoms with Crippen LogP contribution < -0.4 is 0 Å². The lowest BCUT2D eigenvalue weighted by Crippen LogP contribution is -2.50. The molecule has 2 bridgehead atoms. The van der Waals surface area contributed by atoms with E-state index in [1.54, 1.807) is 0 Å². The van der Waals surface area contributed by atoms with Gasteiger partial charge in [0.1, 0.15) is 0 Å². The van der Waals surface area contributed by atoms with Gasteiger partial charge >= 0.3 is 0 Å². The second-order valence-electron chi connectivity index (χ2n) is 5.77. The topological polar surface area (TPSA) is 3.24 Å². The Morgan fingerprint density at radius 2 is 1.75 bits per heavy atom. The highest BCUT2D eigenvalue weighted by atomic mass is 15.2. The van der Waals surface area contributed by atoms with Crippen LogP contribution in [0.1, 0.15) is 33.1 Å². The summed E-state index contributed by atoms with van der Waals surface area (Å²) in [6, 6.07) is 0. The maximum Gasteiger partial charge on any atom is 0.00460 e. The molecule has 0 radical (unpaired) electrons. The molecule has 0 unspecified atom stereocenters. The van der Waals surface area contributed by atoms with Crippen molar-refractivity contribution in [1.82, 2.24) is 4.90 Å². The highest BCUT2D eigenvalue weighted by Gasteiger charge is 2.67. The van der Waals surface area contributed by atoms with Crippen LogP contribution in [0.2, 0.25) is 0 Å². The van der Waals surface area contributed by atoms with Gasteiger partial charge in [-0.15, -0.1) is 0 Å². The average molecular weight is 165 g/mol. The summed E-state index contributed by atoms with van der Waals surface area (Å²) in [7, 11) is 0. The third-order valence-corrected chi connectivity index (χ3v) is 4.86. The zero-order valence-corrected chi connectivity index (χ0v) is 8.27. The first-order valence-corrected chi connectivity index (χ1v) is 5.36. The van der Waals surface area contributed by atoms with E-state index in [0.717, 1.165) is 11.3 Å². The molecule has 1 nitrogen and oxygen atoms in total. The van der Waals surface area contributed by atoms with Crippen molar-refractivity contribution in [3.8, 4) is 0 Å². The van der Waals surface area contributed by atoms with Gasteiger partial charge in [0, 0.05) is 6.54 Å². The first-order chi connectivity index (χ1) is 5.64. The van der Waals surface area contributed by atoms with Crippen LogP contribution in [-0.4, -0.2) is 24.5 Å². The molecule has 4 rings (SSSR count). The fourth-order valence-corrected chi connectivity index (χ4v) is 3.88. The van der Waals surface area contributed by atoms with Gasteiger partial charge in [-0.2, -0.15) is 0 Å². The molecule has 12 heavy (non-hydrogen) atoms. The van der Waals surface area contributed by atoms with Crippen LogP contribution in [0.15, 0.2) is 0 Å². The molecule has 0 N–H and O–H groups in total. The monoisotopic (exact) mass is 165 g/mol. The Bertz CT molecular complexity index is 213. The third-order valence-electron chi connectivity index (χ3n) is 4.86. The summed E-state index contributed by atoms with van der Waals surface area (Å²) in [6.07, 6.45) is 4.48. The van der Waals surface area contributed by atoms with Gasteiger partial charge in [0.25, 0.3) is 0 Å². The van der Waals surface area contributed by atoms with Crippen LogP contribution in [0.25, 0.3) is 0 Å². The van der Waals surface area contributed by atoms with E-state index in [0.29, 0.717) is 5.41 Å². The Morgan fingerprint density at radius 3 is 2.00 bits per heavy atom. The predicted molar refractivity (Wildman–Crippen MR) is 50.0 cm³/mol. The van der Waals surface area contributed by atoms with Crippen LogP contribution in [-0.2, 0) is 0 Å². The van der Waals surface area contributed by atoms with E-state index in [-0.39, 0.29) is 0 Å². The van der Waals surface area contributed by atoms with Gasteiger partial charge in [-0.1, -0.05) is 13.8 Å². The summed E-state index contributed by atoms with van der Waals surface area (Å²) < 4.78 is 0. The minimum Gasteiger partial charge on any atom is -0.303 e.